The van der Waals surface area contributed by atoms with Gasteiger partial charge in [-0.1, -0.05) is 29.8 Å². The summed E-state index contributed by atoms with van der Waals surface area (Å²) in [6.45, 7) is 1.04. The largest absolute Gasteiger partial charge is 0.416 e. The van der Waals surface area contributed by atoms with E-state index in [1.165, 1.54) is 17.7 Å². The second-order valence-electron chi connectivity index (χ2n) is 7.10. The molecule has 1 saturated heterocycles. The number of rotatable bonds is 1. The predicted octanol–water partition coefficient (Wildman–Crippen LogP) is 5.89. The van der Waals surface area contributed by atoms with E-state index >= 15 is 0 Å². The number of halogens is 4. The van der Waals surface area contributed by atoms with Crippen molar-refractivity contribution < 1.29 is 13.2 Å². The first-order valence-electron chi connectivity index (χ1n) is 8.53. The minimum atomic E-state index is -4.30. The van der Waals surface area contributed by atoms with E-state index in [2.05, 4.69) is 18.0 Å². The molecule has 5 heteroatoms. The van der Waals surface area contributed by atoms with Crippen molar-refractivity contribution in [1.29, 1.82) is 0 Å². The average molecular weight is 366 g/mol. The van der Waals surface area contributed by atoms with Gasteiger partial charge in [0.2, 0.25) is 0 Å². The zero-order chi connectivity index (χ0) is 17.8. The van der Waals surface area contributed by atoms with Crippen LogP contribution in [0.25, 0.3) is 0 Å². The first-order valence-corrected chi connectivity index (χ1v) is 8.91. The van der Waals surface area contributed by atoms with Gasteiger partial charge in [0.25, 0.3) is 0 Å². The molecule has 0 radical (unpaired) electrons. The van der Waals surface area contributed by atoms with Gasteiger partial charge < -0.3 is 0 Å². The molecule has 2 aliphatic rings. The lowest BCUT2D eigenvalue weighted by molar-refractivity contribution is -0.137. The Hall–Kier alpha value is -1.52. The van der Waals surface area contributed by atoms with Crippen molar-refractivity contribution in [1.82, 2.24) is 4.90 Å². The summed E-state index contributed by atoms with van der Waals surface area (Å²) in [4.78, 5) is 2.37. The summed E-state index contributed by atoms with van der Waals surface area (Å²) in [6, 6.07) is 12.0. The molecule has 0 spiro atoms. The van der Waals surface area contributed by atoms with Gasteiger partial charge in [-0.25, -0.2) is 0 Å². The van der Waals surface area contributed by atoms with Crippen LogP contribution in [-0.2, 0) is 6.18 Å². The first kappa shape index (κ1) is 16.9. The number of hydrogen-bond acceptors (Lipinski definition) is 1. The summed E-state index contributed by atoms with van der Waals surface area (Å²) in [5, 5.41) is 0.678. The second kappa shape index (κ2) is 6.03. The van der Waals surface area contributed by atoms with E-state index in [-0.39, 0.29) is 5.92 Å². The third kappa shape index (κ3) is 2.85. The van der Waals surface area contributed by atoms with Gasteiger partial charge >= 0.3 is 6.18 Å². The fraction of sp³-hybridized carbons (Fsp3) is 0.400. The molecule has 0 N–H and O–H groups in total. The molecule has 0 aromatic heterocycles. The number of nitrogens with zero attached hydrogens (tertiary/aromatic N) is 1. The van der Waals surface area contributed by atoms with Crippen LogP contribution in [0.4, 0.5) is 13.2 Å². The summed E-state index contributed by atoms with van der Waals surface area (Å²) >= 11 is 6.23. The molecule has 0 amide bonds. The number of benzene rings is 2. The number of likely N-dealkylation sites (tertiary alicyclic amines) is 1. The second-order valence-corrected chi connectivity index (χ2v) is 7.54. The standard InChI is InChI=1S/C20H19ClF3N/c1-25-10-2-3-16-18(12-4-6-13(7-5-12)20(22,23)24)17-11-14(21)8-9-15(17)19(16)25/h4-9,11,16,18-19H,2-3,10H2,1H3. The predicted molar refractivity (Wildman–Crippen MR) is 92.8 cm³/mol. The Balaban J connectivity index is 1.79. The van der Waals surface area contributed by atoms with Gasteiger partial charge in [0.15, 0.2) is 0 Å². The lowest BCUT2D eigenvalue weighted by Gasteiger charge is -2.37. The maximum absolute atomic E-state index is 12.9. The molecule has 1 aliphatic heterocycles. The Morgan fingerprint density at radius 3 is 2.44 bits per heavy atom. The minimum Gasteiger partial charge on any atom is -0.299 e. The normalized spacial score (nSPS) is 26.4. The maximum Gasteiger partial charge on any atom is 0.416 e. The van der Waals surface area contributed by atoms with E-state index in [1.807, 2.05) is 12.1 Å². The van der Waals surface area contributed by atoms with Crippen molar-refractivity contribution in [2.45, 2.75) is 31.0 Å². The van der Waals surface area contributed by atoms with Crippen LogP contribution in [0.15, 0.2) is 42.5 Å². The van der Waals surface area contributed by atoms with Crippen molar-refractivity contribution in [2.24, 2.45) is 5.92 Å². The molecular formula is C20H19ClF3N. The van der Waals surface area contributed by atoms with Gasteiger partial charge in [0.05, 0.1) is 5.56 Å². The van der Waals surface area contributed by atoms with Gasteiger partial charge in [-0.15, -0.1) is 0 Å². The van der Waals surface area contributed by atoms with E-state index < -0.39 is 11.7 Å². The summed E-state index contributed by atoms with van der Waals surface area (Å²) in [5.41, 5.74) is 2.77. The molecule has 3 unspecified atom stereocenters. The summed E-state index contributed by atoms with van der Waals surface area (Å²) in [6.07, 6.45) is -2.12. The Labute approximate surface area is 150 Å². The lowest BCUT2D eigenvalue weighted by atomic mass is 9.80. The molecule has 1 aliphatic carbocycles. The zero-order valence-corrected chi connectivity index (χ0v) is 14.6. The number of hydrogen-bond donors (Lipinski definition) is 0. The van der Waals surface area contributed by atoms with Crippen molar-refractivity contribution in [2.75, 3.05) is 13.6 Å². The van der Waals surface area contributed by atoms with Crippen LogP contribution >= 0.6 is 11.6 Å². The Morgan fingerprint density at radius 1 is 1.04 bits per heavy atom. The third-order valence-corrected chi connectivity index (χ3v) is 5.89. The van der Waals surface area contributed by atoms with Gasteiger partial charge in [-0.2, -0.15) is 13.2 Å². The Bertz CT molecular complexity index is 785. The molecular weight excluding hydrogens is 347 g/mol. The van der Waals surface area contributed by atoms with Crippen molar-refractivity contribution in [3.8, 4) is 0 Å². The molecule has 1 fully saturated rings. The summed E-state index contributed by atoms with van der Waals surface area (Å²) in [7, 11) is 2.13. The molecule has 132 valence electrons. The lowest BCUT2D eigenvalue weighted by Crippen LogP contribution is -2.34. The Morgan fingerprint density at radius 2 is 1.76 bits per heavy atom. The highest BCUT2D eigenvalue weighted by Crippen LogP contribution is 2.54. The van der Waals surface area contributed by atoms with Crippen LogP contribution in [0.2, 0.25) is 5.02 Å². The van der Waals surface area contributed by atoms with Gasteiger partial charge in [-0.05, 0) is 73.3 Å². The molecule has 0 saturated carbocycles. The quantitative estimate of drug-likeness (QED) is 0.609. The van der Waals surface area contributed by atoms with Gasteiger partial charge in [0.1, 0.15) is 0 Å². The maximum atomic E-state index is 12.9. The van der Waals surface area contributed by atoms with Crippen molar-refractivity contribution in [3.63, 3.8) is 0 Å². The highest BCUT2D eigenvalue weighted by Gasteiger charge is 2.44. The fourth-order valence-corrected chi connectivity index (χ4v) is 4.82. The molecule has 4 rings (SSSR count). The molecule has 1 nitrogen and oxygen atoms in total. The third-order valence-electron chi connectivity index (χ3n) is 5.66. The van der Waals surface area contributed by atoms with Crippen molar-refractivity contribution in [3.05, 3.63) is 69.7 Å². The zero-order valence-electron chi connectivity index (χ0n) is 13.9. The molecule has 3 atom stereocenters. The average Bonchev–Trinajstić information content (AvgIpc) is 2.88. The summed E-state index contributed by atoms with van der Waals surface area (Å²) < 4.78 is 38.7. The SMILES string of the molecule is CN1CCCC2C(c3ccc(C(F)(F)F)cc3)c3cc(Cl)ccc3C21. The first-order chi connectivity index (χ1) is 11.9. The van der Waals surface area contributed by atoms with E-state index in [0.717, 1.165) is 30.5 Å². The van der Waals surface area contributed by atoms with Crippen LogP contribution in [0.1, 0.15) is 47.1 Å². The van der Waals surface area contributed by atoms with Crippen LogP contribution in [0, 0.1) is 5.92 Å². The van der Waals surface area contributed by atoms with Crippen LogP contribution in [-0.4, -0.2) is 18.5 Å². The Kier molecular flexibility index (Phi) is 4.08. The number of alkyl halides is 3. The van der Waals surface area contributed by atoms with Crippen LogP contribution in [0.3, 0.4) is 0 Å². The highest BCUT2D eigenvalue weighted by molar-refractivity contribution is 6.30. The molecule has 1 heterocycles. The molecule has 0 bridgehead atoms. The van der Waals surface area contributed by atoms with E-state index in [9.17, 15) is 13.2 Å². The molecule has 2 aromatic carbocycles. The van der Waals surface area contributed by atoms with E-state index in [1.54, 1.807) is 12.1 Å². The monoisotopic (exact) mass is 365 g/mol. The minimum absolute atomic E-state index is 0.101. The smallest absolute Gasteiger partial charge is 0.299 e. The van der Waals surface area contributed by atoms with Crippen LogP contribution < -0.4 is 0 Å². The highest BCUT2D eigenvalue weighted by atomic mass is 35.5. The van der Waals surface area contributed by atoms with Gasteiger partial charge in [0, 0.05) is 17.0 Å². The number of fused-ring (bicyclic) bond motifs is 3. The van der Waals surface area contributed by atoms with E-state index in [0.29, 0.717) is 17.0 Å². The van der Waals surface area contributed by atoms with E-state index in [4.69, 9.17) is 11.6 Å². The molecule has 25 heavy (non-hydrogen) atoms. The van der Waals surface area contributed by atoms with Gasteiger partial charge in [-0.3, -0.25) is 4.90 Å². The van der Waals surface area contributed by atoms with Crippen molar-refractivity contribution >= 4 is 11.6 Å². The fourth-order valence-electron chi connectivity index (χ4n) is 4.64. The number of piperidine rings is 1. The topological polar surface area (TPSA) is 3.24 Å². The van der Waals surface area contributed by atoms with Crippen LogP contribution in [0.5, 0.6) is 0 Å². The molecule has 2 aromatic rings. The summed E-state index contributed by atoms with van der Waals surface area (Å²) in [5.74, 6) is 0.479.